The van der Waals surface area contributed by atoms with E-state index in [1.54, 1.807) is 0 Å². The number of rotatable bonds is 2. The van der Waals surface area contributed by atoms with Crippen molar-refractivity contribution in [1.82, 2.24) is 0 Å². The first-order valence-electron chi connectivity index (χ1n) is 13.0. The lowest BCUT2D eigenvalue weighted by atomic mass is 9.86. The molecule has 0 aliphatic rings. The molecule has 0 amide bonds. The first-order valence-corrected chi connectivity index (χ1v) is 13.0. The fourth-order valence-electron chi connectivity index (χ4n) is 3.96. The van der Waals surface area contributed by atoms with Crippen molar-refractivity contribution in [3.8, 4) is 22.3 Å². The molecule has 0 spiro atoms. The van der Waals surface area contributed by atoms with Crippen LogP contribution >= 0.6 is 0 Å². The van der Waals surface area contributed by atoms with E-state index in [1.807, 2.05) is 55.4 Å². The third-order valence-corrected chi connectivity index (χ3v) is 5.06. The minimum atomic E-state index is 1.26. The van der Waals surface area contributed by atoms with Crippen LogP contribution in [0.2, 0.25) is 0 Å². The minimum absolute atomic E-state index is 1.26. The Hall–Kier alpha value is -3.38. The molecule has 0 aromatic heterocycles. The highest BCUT2D eigenvalue weighted by Crippen LogP contribution is 2.43. The molecular formula is C34H42. The second-order valence-corrected chi connectivity index (χ2v) is 6.57. The van der Waals surface area contributed by atoms with Crippen LogP contribution in [-0.4, -0.2) is 0 Å². The van der Waals surface area contributed by atoms with Crippen molar-refractivity contribution in [2.75, 3.05) is 0 Å². The van der Waals surface area contributed by atoms with Crippen molar-refractivity contribution in [3.63, 3.8) is 0 Å². The molecule has 5 aromatic rings. The van der Waals surface area contributed by atoms with Crippen molar-refractivity contribution in [1.29, 1.82) is 0 Å². The van der Waals surface area contributed by atoms with Gasteiger partial charge in [-0.3, -0.25) is 0 Å². The Balaban J connectivity index is 0.000000659. The summed E-state index contributed by atoms with van der Waals surface area (Å²) in [7, 11) is 0. The lowest BCUT2D eigenvalue weighted by Gasteiger charge is -2.17. The predicted molar refractivity (Wildman–Crippen MR) is 158 cm³/mol. The summed E-state index contributed by atoms with van der Waals surface area (Å²) in [4.78, 5) is 0. The maximum atomic E-state index is 2.25. The van der Waals surface area contributed by atoms with Gasteiger partial charge in [0.2, 0.25) is 0 Å². The molecule has 0 unspecified atom stereocenters. The minimum Gasteiger partial charge on any atom is -0.0683 e. The van der Waals surface area contributed by atoms with Gasteiger partial charge >= 0.3 is 0 Å². The Kier molecular flexibility index (Phi) is 13.7. The van der Waals surface area contributed by atoms with Crippen molar-refractivity contribution >= 4 is 21.5 Å². The van der Waals surface area contributed by atoms with Crippen molar-refractivity contribution in [3.05, 3.63) is 109 Å². The van der Waals surface area contributed by atoms with Crippen LogP contribution in [0.1, 0.15) is 55.4 Å². The van der Waals surface area contributed by atoms with E-state index in [-0.39, 0.29) is 0 Å². The second kappa shape index (κ2) is 16.3. The second-order valence-electron chi connectivity index (χ2n) is 6.57. The molecule has 0 aliphatic carbocycles. The van der Waals surface area contributed by atoms with E-state index in [2.05, 4.69) is 109 Å². The van der Waals surface area contributed by atoms with Gasteiger partial charge in [-0.05, 0) is 43.8 Å². The maximum Gasteiger partial charge on any atom is -0.00264 e. The zero-order chi connectivity index (χ0) is 25.3. The van der Waals surface area contributed by atoms with Crippen LogP contribution in [0.3, 0.4) is 0 Å². The van der Waals surface area contributed by atoms with Crippen LogP contribution in [0.25, 0.3) is 43.8 Å². The Morgan fingerprint density at radius 1 is 0.265 bits per heavy atom. The fourth-order valence-corrected chi connectivity index (χ4v) is 3.96. The highest BCUT2D eigenvalue weighted by molar-refractivity contribution is 6.21. The zero-order valence-electron chi connectivity index (χ0n) is 22.4. The van der Waals surface area contributed by atoms with Gasteiger partial charge in [0, 0.05) is 0 Å². The highest BCUT2D eigenvalue weighted by Gasteiger charge is 2.15. The number of hydrogen-bond acceptors (Lipinski definition) is 0. The maximum absolute atomic E-state index is 2.25. The van der Waals surface area contributed by atoms with Gasteiger partial charge in [-0.15, -0.1) is 0 Å². The van der Waals surface area contributed by atoms with Crippen molar-refractivity contribution in [2.45, 2.75) is 55.4 Å². The summed E-state index contributed by atoms with van der Waals surface area (Å²) in [5, 5.41) is 5.21. The third kappa shape index (κ3) is 6.35. The van der Waals surface area contributed by atoms with E-state index in [0.717, 1.165) is 0 Å². The molecule has 5 rings (SSSR count). The Morgan fingerprint density at radius 3 is 0.706 bits per heavy atom. The molecule has 178 valence electrons. The van der Waals surface area contributed by atoms with Gasteiger partial charge < -0.3 is 0 Å². The van der Waals surface area contributed by atoms with Gasteiger partial charge in [0.05, 0.1) is 0 Å². The summed E-state index contributed by atoms with van der Waals surface area (Å²) >= 11 is 0. The van der Waals surface area contributed by atoms with Crippen LogP contribution in [0.4, 0.5) is 0 Å². The molecule has 0 heterocycles. The first kappa shape index (κ1) is 28.7. The quantitative estimate of drug-likeness (QED) is 0.235. The monoisotopic (exact) mass is 450 g/mol. The molecule has 0 N–H and O–H groups in total. The van der Waals surface area contributed by atoms with Crippen LogP contribution in [0, 0.1) is 0 Å². The summed E-state index contributed by atoms with van der Waals surface area (Å²) in [5.74, 6) is 0. The van der Waals surface area contributed by atoms with E-state index < -0.39 is 0 Å². The molecule has 0 heteroatoms. The smallest absolute Gasteiger partial charge is 0.00264 e. The summed E-state index contributed by atoms with van der Waals surface area (Å²) in [6, 6.07) is 39.0. The first-order chi connectivity index (χ1) is 16.9. The molecule has 0 bridgehead atoms. The Labute approximate surface area is 208 Å². The molecular weight excluding hydrogens is 408 g/mol. The summed E-state index contributed by atoms with van der Waals surface area (Å²) in [6.07, 6.45) is 0. The average Bonchev–Trinajstić information content (AvgIpc) is 2.97. The standard InChI is InChI=1S/C26H18.4C2H6/c1-3-11-19(12-4-1)25-21-15-7-9-17-23(21)26(20-13-5-2-6-14-20)24-18-10-8-16-22(24)25;4*1-2/h1-18H;4*1-2H3. The molecule has 0 aliphatic heterocycles. The molecule has 0 nitrogen and oxygen atoms in total. The lowest BCUT2D eigenvalue weighted by molar-refractivity contribution is 1.50. The summed E-state index contributed by atoms with van der Waals surface area (Å²) < 4.78 is 0. The SMILES string of the molecule is CC.CC.CC.CC.c1ccc(-c2c3ccccc3c(-c3ccccc3)c3ccccc23)cc1. The topological polar surface area (TPSA) is 0 Å². The van der Waals surface area contributed by atoms with E-state index in [0.29, 0.717) is 0 Å². The molecule has 0 fully saturated rings. The number of benzene rings is 5. The van der Waals surface area contributed by atoms with Crippen LogP contribution in [0.5, 0.6) is 0 Å². The predicted octanol–water partition coefficient (Wildman–Crippen LogP) is 11.4. The van der Waals surface area contributed by atoms with Crippen molar-refractivity contribution < 1.29 is 0 Å². The molecule has 5 aromatic carbocycles. The third-order valence-electron chi connectivity index (χ3n) is 5.06. The summed E-state index contributed by atoms with van der Waals surface area (Å²) in [5.41, 5.74) is 5.16. The van der Waals surface area contributed by atoms with Gasteiger partial charge in [-0.1, -0.05) is 165 Å². The van der Waals surface area contributed by atoms with E-state index in [1.165, 1.54) is 43.8 Å². The van der Waals surface area contributed by atoms with Crippen LogP contribution in [0.15, 0.2) is 109 Å². The number of fused-ring (bicyclic) bond motifs is 2. The lowest BCUT2D eigenvalue weighted by Crippen LogP contribution is -1.90. The molecule has 0 saturated carbocycles. The van der Waals surface area contributed by atoms with Gasteiger partial charge in [-0.25, -0.2) is 0 Å². The van der Waals surface area contributed by atoms with Gasteiger partial charge in [0.25, 0.3) is 0 Å². The van der Waals surface area contributed by atoms with Gasteiger partial charge in [0.15, 0.2) is 0 Å². The highest BCUT2D eigenvalue weighted by atomic mass is 14.2. The van der Waals surface area contributed by atoms with Gasteiger partial charge in [0.1, 0.15) is 0 Å². The van der Waals surface area contributed by atoms with Crippen LogP contribution < -0.4 is 0 Å². The number of hydrogen-bond donors (Lipinski definition) is 0. The zero-order valence-corrected chi connectivity index (χ0v) is 22.4. The van der Waals surface area contributed by atoms with Crippen molar-refractivity contribution in [2.24, 2.45) is 0 Å². The average molecular weight is 451 g/mol. The Morgan fingerprint density at radius 2 is 0.471 bits per heavy atom. The van der Waals surface area contributed by atoms with E-state index in [9.17, 15) is 0 Å². The van der Waals surface area contributed by atoms with E-state index in [4.69, 9.17) is 0 Å². The Bertz CT molecular complexity index is 1050. The molecule has 0 saturated heterocycles. The largest absolute Gasteiger partial charge is 0.0683 e. The molecule has 0 atom stereocenters. The summed E-state index contributed by atoms with van der Waals surface area (Å²) in [6.45, 7) is 16.0. The van der Waals surface area contributed by atoms with E-state index >= 15 is 0 Å². The van der Waals surface area contributed by atoms with Gasteiger partial charge in [-0.2, -0.15) is 0 Å². The fraction of sp³-hybridized carbons (Fsp3) is 0.235. The normalized spacial score (nSPS) is 9.18. The van der Waals surface area contributed by atoms with Crippen LogP contribution in [-0.2, 0) is 0 Å². The molecule has 0 radical (unpaired) electrons. The molecule has 34 heavy (non-hydrogen) atoms.